The number of hydrogen-bond acceptors (Lipinski definition) is 0. The molecule has 0 nitrogen and oxygen atoms in total. The molecule has 0 aromatic carbocycles. The maximum Gasteiger partial charge on any atom is -0.0279 e. The second-order valence-electron chi connectivity index (χ2n) is 6.39. The fraction of sp³-hybridized carbons (Fsp3) is 0.727. The van der Waals surface area contributed by atoms with Crippen LogP contribution >= 0.6 is 0 Å². The van der Waals surface area contributed by atoms with Crippen molar-refractivity contribution in [1.82, 2.24) is 0 Å². The SMILES string of the molecule is C\C=C/C(=C\C=C\CCCCCCCC)CCCCCCC. The predicted molar refractivity (Wildman–Crippen MR) is 103 cm³/mol. The molecular formula is C22H40. The van der Waals surface area contributed by atoms with Crippen molar-refractivity contribution < 1.29 is 0 Å². The lowest BCUT2D eigenvalue weighted by molar-refractivity contribution is 0.611. The summed E-state index contributed by atoms with van der Waals surface area (Å²) in [4.78, 5) is 0. The Morgan fingerprint density at radius 1 is 0.727 bits per heavy atom. The van der Waals surface area contributed by atoms with Gasteiger partial charge >= 0.3 is 0 Å². The summed E-state index contributed by atoms with van der Waals surface area (Å²) >= 11 is 0. The van der Waals surface area contributed by atoms with Crippen molar-refractivity contribution in [3.8, 4) is 0 Å². The molecule has 0 heterocycles. The zero-order valence-electron chi connectivity index (χ0n) is 15.6. The molecule has 0 heteroatoms. The average Bonchev–Trinajstić information content (AvgIpc) is 2.53. The van der Waals surface area contributed by atoms with Crippen LogP contribution in [0.4, 0.5) is 0 Å². The standard InChI is InChI=1S/C22H40/c1-4-7-9-11-12-13-14-16-18-21-22(19-6-3)20-17-15-10-8-5-2/h6,16,18-19,21H,4-5,7-15,17,20H2,1-3H3/b18-16+,19-6-,22-21+. The number of rotatable bonds is 15. The molecule has 0 aliphatic carbocycles. The first-order valence-corrected chi connectivity index (χ1v) is 9.83. The van der Waals surface area contributed by atoms with Gasteiger partial charge in [0.05, 0.1) is 0 Å². The number of allylic oxidation sites excluding steroid dienone is 6. The van der Waals surface area contributed by atoms with Crippen LogP contribution in [-0.2, 0) is 0 Å². The smallest absolute Gasteiger partial charge is 0.0279 e. The molecule has 22 heavy (non-hydrogen) atoms. The first kappa shape index (κ1) is 21.2. The quantitative estimate of drug-likeness (QED) is 0.211. The Morgan fingerprint density at radius 2 is 1.32 bits per heavy atom. The Bertz CT molecular complexity index is 293. The summed E-state index contributed by atoms with van der Waals surface area (Å²) in [6.07, 6.45) is 29.0. The van der Waals surface area contributed by atoms with Gasteiger partial charge in [0.25, 0.3) is 0 Å². The summed E-state index contributed by atoms with van der Waals surface area (Å²) in [6.45, 7) is 6.67. The normalized spacial score (nSPS) is 12.8. The lowest BCUT2D eigenvalue weighted by Gasteiger charge is -2.02. The van der Waals surface area contributed by atoms with E-state index in [0.717, 1.165) is 0 Å². The van der Waals surface area contributed by atoms with Gasteiger partial charge in [0.1, 0.15) is 0 Å². The lowest BCUT2D eigenvalue weighted by atomic mass is 10.0. The molecule has 0 amide bonds. The third-order valence-corrected chi connectivity index (χ3v) is 4.12. The van der Waals surface area contributed by atoms with Gasteiger partial charge in [-0.2, -0.15) is 0 Å². The molecule has 0 spiro atoms. The fourth-order valence-corrected chi connectivity index (χ4v) is 2.70. The predicted octanol–water partition coefficient (Wildman–Crippen LogP) is 8.16. The van der Waals surface area contributed by atoms with Crippen molar-refractivity contribution >= 4 is 0 Å². The first-order chi connectivity index (χ1) is 10.8. The summed E-state index contributed by atoms with van der Waals surface area (Å²) in [5.41, 5.74) is 1.48. The van der Waals surface area contributed by atoms with Crippen molar-refractivity contribution in [3.05, 3.63) is 36.0 Å². The lowest BCUT2D eigenvalue weighted by Crippen LogP contribution is -1.82. The molecule has 0 saturated heterocycles. The van der Waals surface area contributed by atoms with E-state index < -0.39 is 0 Å². The summed E-state index contributed by atoms with van der Waals surface area (Å²) < 4.78 is 0. The van der Waals surface area contributed by atoms with E-state index in [0.29, 0.717) is 0 Å². The second-order valence-corrected chi connectivity index (χ2v) is 6.39. The molecule has 0 aliphatic rings. The summed E-state index contributed by atoms with van der Waals surface area (Å²) in [7, 11) is 0. The van der Waals surface area contributed by atoms with Crippen LogP contribution in [0.15, 0.2) is 36.0 Å². The van der Waals surface area contributed by atoms with E-state index >= 15 is 0 Å². The van der Waals surface area contributed by atoms with Crippen LogP contribution in [0.25, 0.3) is 0 Å². The van der Waals surface area contributed by atoms with Crippen LogP contribution in [0.1, 0.15) is 104 Å². The van der Waals surface area contributed by atoms with Crippen LogP contribution in [0.5, 0.6) is 0 Å². The van der Waals surface area contributed by atoms with Crippen LogP contribution in [-0.4, -0.2) is 0 Å². The second kappa shape index (κ2) is 18.3. The van der Waals surface area contributed by atoms with Crippen LogP contribution < -0.4 is 0 Å². The highest BCUT2D eigenvalue weighted by molar-refractivity contribution is 5.23. The summed E-state index contributed by atoms with van der Waals surface area (Å²) in [6, 6.07) is 0. The van der Waals surface area contributed by atoms with E-state index in [1.807, 2.05) is 0 Å². The molecule has 0 fully saturated rings. The minimum absolute atomic E-state index is 1.23. The third kappa shape index (κ3) is 15.6. The Balaban J connectivity index is 3.78. The van der Waals surface area contributed by atoms with Gasteiger partial charge in [-0.05, 0) is 38.2 Å². The topological polar surface area (TPSA) is 0 Å². The Kier molecular flexibility index (Phi) is 17.6. The maximum absolute atomic E-state index is 2.35. The minimum Gasteiger partial charge on any atom is -0.0874 e. The van der Waals surface area contributed by atoms with E-state index in [9.17, 15) is 0 Å². The van der Waals surface area contributed by atoms with Gasteiger partial charge in [-0.1, -0.05) is 102 Å². The molecule has 128 valence electrons. The largest absolute Gasteiger partial charge is 0.0874 e. The van der Waals surface area contributed by atoms with Crippen LogP contribution in [0, 0.1) is 0 Å². The van der Waals surface area contributed by atoms with Gasteiger partial charge < -0.3 is 0 Å². The molecule has 0 bridgehead atoms. The van der Waals surface area contributed by atoms with Crippen molar-refractivity contribution in [1.29, 1.82) is 0 Å². The highest BCUT2D eigenvalue weighted by atomic mass is 14.0. The molecule has 0 saturated carbocycles. The monoisotopic (exact) mass is 304 g/mol. The van der Waals surface area contributed by atoms with Gasteiger partial charge in [-0.15, -0.1) is 0 Å². The fourth-order valence-electron chi connectivity index (χ4n) is 2.70. The molecule has 0 unspecified atom stereocenters. The first-order valence-electron chi connectivity index (χ1n) is 9.83. The minimum atomic E-state index is 1.23. The molecule has 0 aliphatic heterocycles. The van der Waals surface area contributed by atoms with Gasteiger partial charge in [0.2, 0.25) is 0 Å². The summed E-state index contributed by atoms with van der Waals surface area (Å²) in [5, 5.41) is 0. The van der Waals surface area contributed by atoms with E-state index in [1.165, 1.54) is 89.0 Å². The Hall–Kier alpha value is -0.780. The van der Waals surface area contributed by atoms with Gasteiger partial charge in [-0.25, -0.2) is 0 Å². The van der Waals surface area contributed by atoms with E-state index in [4.69, 9.17) is 0 Å². The van der Waals surface area contributed by atoms with Crippen molar-refractivity contribution in [3.63, 3.8) is 0 Å². The Morgan fingerprint density at radius 3 is 1.95 bits per heavy atom. The highest BCUT2D eigenvalue weighted by Crippen LogP contribution is 2.13. The molecule has 0 aromatic heterocycles. The van der Waals surface area contributed by atoms with Crippen LogP contribution in [0.3, 0.4) is 0 Å². The number of hydrogen-bond donors (Lipinski definition) is 0. The highest BCUT2D eigenvalue weighted by Gasteiger charge is 1.93. The number of unbranched alkanes of at least 4 members (excludes halogenated alkanes) is 10. The maximum atomic E-state index is 2.35. The average molecular weight is 305 g/mol. The van der Waals surface area contributed by atoms with Crippen molar-refractivity contribution in [2.45, 2.75) is 104 Å². The third-order valence-electron chi connectivity index (χ3n) is 4.12. The summed E-state index contributed by atoms with van der Waals surface area (Å²) in [5.74, 6) is 0. The zero-order valence-corrected chi connectivity index (χ0v) is 15.6. The van der Waals surface area contributed by atoms with E-state index in [-0.39, 0.29) is 0 Å². The molecule has 0 atom stereocenters. The zero-order chi connectivity index (χ0) is 16.3. The van der Waals surface area contributed by atoms with Gasteiger partial charge in [0.15, 0.2) is 0 Å². The van der Waals surface area contributed by atoms with E-state index in [1.54, 1.807) is 0 Å². The molecule has 0 N–H and O–H groups in total. The molecule has 0 aromatic rings. The molecule has 0 rings (SSSR count). The van der Waals surface area contributed by atoms with E-state index in [2.05, 4.69) is 51.2 Å². The van der Waals surface area contributed by atoms with Gasteiger partial charge in [-0.3, -0.25) is 0 Å². The molecule has 0 radical (unpaired) electrons. The van der Waals surface area contributed by atoms with Crippen molar-refractivity contribution in [2.24, 2.45) is 0 Å². The van der Waals surface area contributed by atoms with Gasteiger partial charge in [0, 0.05) is 0 Å². The molecular weight excluding hydrogens is 264 g/mol. The van der Waals surface area contributed by atoms with Crippen molar-refractivity contribution in [2.75, 3.05) is 0 Å². The Labute approximate surface area is 140 Å². The van der Waals surface area contributed by atoms with Crippen LogP contribution in [0.2, 0.25) is 0 Å².